The second-order valence-corrected chi connectivity index (χ2v) is 8.53. The second-order valence-electron chi connectivity index (χ2n) is 8.53. The van der Waals surface area contributed by atoms with E-state index >= 15 is 0 Å². The van der Waals surface area contributed by atoms with Gasteiger partial charge in [0.05, 0.1) is 19.7 Å². The summed E-state index contributed by atoms with van der Waals surface area (Å²) in [5.41, 5.74) is -0.780. The normalized spacial score (nSPS) is 12.2. The van der Waals surface area contributed by atoms with Crippen molar-refractivity contribution in [3.05, 3.63) is 58.0 Å². The summed E-state index contributed by atoms with van der Waals surface area (Å²) in [5.74, 6) is -4.87. The molecule has 0 fully saturated rings. The number of carbonyl (C=O) groups is 1. The first kappa shape index (κ1) is 24.5. The SMILES string of the molecule is COC(=O)CC(c1cnn(C(C)C)c1)c1c(O)cc(O)c2c(=O)c(O)c(-c3ccc(O)c(O)c3)oc12. The molecular weight excluding hydrogens is 472 g/mol. The van der Waals surface area contributed by atoms with Crippen LogP contribution in [0.2, 0.25) is 0 Å². The summed E-state index contributed by atoms with van der Waals surface area (Å²) < 4.78 is 12.4. The standard InChI is InChI=1S/C25H24N2O9/c1-11(2)27-10-13(9-26-27)14(7-19(32)35-3)20-17(30)8-18(31)21-22(33)23(34)24(36-25(20)21)12-4-5-15(28)16(29)6-12/h4-6,8-11,14,28-31,34H,7H2,1-3H3. The lowest BCUT2D eigenvalue weighted by Gasteiger charge is -2.19. The number of rotatable bonds is 6. The zero-order valence-corrected chi connectivity index (χ0v) is 19.6. The van der Waals surface area contributed by atoms with Crippen molar-refractivity contribution in [1.82, 2.24) is 9.78 Å². The Labute approximate surface area is 204 Å². The molecule has 1 atom stereocenters. The number of aromatic nitrogens is 2. The monoisotopic (exact) mass is 496 g/mol. The van der Waals surface area contributed by atoms with Crippen LogP contribution in [0.15, 0.2) is 45.9 Å². The number of phenolic OH excluding ortho intramolecular Hbond substituents is 4. The summed E-state index contributed by atoms with van der Waals surface area (Å²) >= 11 is 0. The fraction of sp³-hybridized carbons (Fsp3) is 0.240. The predicted octanol–water partition coefficient (Wildman–Crippen LogP) is 3.46. The van der Waals surface area contributed by atoms with Gasteiger partial charge in [-0.15, -0.1) is 0 Å². The first-order chi connectivity index (χ1) is 17.0. The van der Waals surface area contributed by atoms with Gasteiger partial charge in [-0.25, -0.2) is 0 Å². The second kappa shape index (κ2) is 9.17. The fourth-order valence-corrected chi connectivity index (χ4v) is 3.99. The Kier molecular flexibility index (Phi) is 6.23. The molecule has 5 N–H and O–H groups in total. The lowest BCUT2D eigenvalue weighted by Crippen LogP contribution is -2.12. The van der Waals surface area contributed by atoms with Crippen molar-refractivity contribution in [2.75, 3.05) is 7.11 Å². The third-order valence-corrected chi connectivity index (χ3v) is 5.88. The highest BCUT2D eigenvalue weighted by atomic mass is 16.5. The Morgan fingerprint density at radius 1 is 1.06 bits per heavy atom. The minimum absolute atomic E-state index is 0.00802. The van der Waals surface area contributed by atoms with Crippen molar-refractivity contribution < 1.29 is 39.5 Å². The van der Waals surface area contributed by atoms with Crippen LogP contribution in [-0.2, 0) is 9.53 Å². The van der Waals surface area contributed by atoms with E-state index in [4.69, 9.17) is 9.15 Å². The Morgan fingerprint density at radius 2 is 1.78 bits per heavy atom. The Hall–Kier alpha value is -4.67. The van der Waals surface area contributed by atoms with Crippen molar-refractivity contribution in [3.8, 4) is 40.1 Å². The van der Waals surface area contributed by atoms with Crippen LogP contribution in [0.25, 0.3) is 22.3 Å². The summed E-state index contributed by atoms with van der Waals surface area (Å²) in [6, 6.07) is 4.42. The van der Waals surface area contributed by atoms with Crippen LogP contribution in [0.3, 0.4) is 0 Å². The molecule has 11 heteroatoms. The molecule has 0 aliphatic rings. The molecular formula is C25H24N2O9. The van der Waals surface area contributed by atoms with Gasteiger partial charge in [0.15, 0.2) is 17.3 Å². The average Bonchev–Trinajstić information content (AvgIpc) is 3.32. The molecule has 4 rings (SSSR count). The van der Waals surface area contributed by atoms with Gasteiger partial charge in [0, 0.05) is 35.3 Å². The van der Waals surface area contributed by atoms with Gasteiger partial charge < -0.3 is 34.7 Å². The number of aromatic hydroxyl groups is 5. The van der Waals surface area contributed by atoms with Crippen LogP contribution in [0.1, 0.15) is 43.4 Å². The molecule has 2 aromatic heterocycles. The number of nitrogens with zero attached hydrogens (tertiary/aromatic N) is 2. The third-order valence-electron chi connectivity index (χ3n) is 5.88. The lowest BCUT2D eigenvalue weighted by atomic mass is 9.88. The van der Waals surface area contributed by atoms with E-state index in [2.05, 4.69) is 5.10 Å². The molecule has 1 unspecified atom stereocenters. The molecule has 188 valence electrons. The highest BCUT2D eigenvalue weighted by molar-refractivity contribution is 5.92. The molecule has 0 saturated heterocycles. The van der Waals surface area contributed by atoms with E-state index in [1.807, 2.05) is 13.8 Å². The van der Waals surface area contributed by atoms with Crippen LogP contribution < -0.4 is 5.43 Å². The van der Waals surface area contributed by atoms with Crippen LogP contribution in [0, 0.1) is 0 Å². The van der Waals surface area contributed by atoms with E-state index in [9.17, 15) is 35.1 Å². The quantitative estimate of drug-likeness (QED) is 0.196. The highest BCUT2D eigenvalue weighted by Gasteiger charge is 2.30. The number of benzene rings is 2. The van der Waals surface area contributed by atoms with E-state index in [1.165, 1.54) is 19.4 Å². The van der Waals surface area contributed by atoms with Crippen LogP contribution in [0.4, 0.5) is 0 Å². The summed E-state index contributed by atoms with van der Waals surface area (Å²) in [6.07, 6.45) is 2.91. The number of hydrogen-bond acceptors (Lipinski definition) is 10. The van der Waals surface area contributed by atoms with Gasteiger partial charge in [-0.05, 0) is 37.6 Å². The number of phenols is 4. The topological polar surface area (TPSA) is 175 Å². The van der Waals surface area contributed by atoms with Gasteiger partial charge >= 0.3 is 5.97 Å². The first-order valence-electron chi connectivity index (χ1n) is 10.9. The largest absolute Gasteiger partial charge is 0.507 e. The maximum atomic E-state index is 13.1. The number of methoxy groups -OCH3 is 1. The molecule has 2 heterocycles. The molecule has 36 heavy (non-hydrogen) atoms. The molecule has 0 aliphatic carbocycles. The molecule has 0 saturated carbocycles. The van der Waals surface area contributed by atoms with Crippen molar-refractivity contribution >= 4 is 16.9 Å². The number of carbonyl (C=O) groups excluding carboxylic acids is 1. The van der Waals surface area contributed by atoms with E-state index < -0.39 is 51.4 Å². The van der Waals surface area contributed by atoms with Gasteiger partial charge in [0.2, 0.25) is 11.2 Å². The molecule has 0 spiro atoms. The van der Waals surface area contributed by atoms with Gasteiger partial charge in [-0.1, -0.05) is 0 Å². The van der Waals surface area contributed by atoms with Crippen LogP contribution in [-0.4, -0.2) is 48.4 Å². The van der Waals surface area contributed by atoms with Crippen molar-refractivity contribution in [2.24, 2.45) is 0 Å². The van der Waals surface area contributed by atoms with Crippen LogP contribution >= 0.6 is 0 Å². The smallest absolute Gasteiger partial charge is 0.306 e. The fourth-order valence-electron chi connectivity index (χ4n) is 3.99. The molecule has 0 radical (unpaired) electrons. The summed E-state index contributed by atoms with van der Waals surface area (Å²) in [6.45, 7) is 3.81. The molecule has 2 aromatic carbocycles. The van der Waals surface area contributed by atoms with E-state index in [-0.39, 0.29) is 34.9 Å². The molecule has 11 nitrogen and oxygen atoms in total. The first-order valence-corrected chi connectivity index (χ1v) is 10.9. The minimum Gasteiger partial charge on any atom is -0.507 e. The number of esters is 1. The third kappa shape index (κ3) is 4.15. The van der Waals surface area contributed by atoms with Gasteiger partial charge in [-0.2, -0.15) is 5.10 Å². The zero-order chi connectivity index (χ0) is 26.3. The zero-order valence-electron chi connectivity index (χ0n) is 19.6. The number of fused-ring (bicyclic) bond motifs is 1. The van der Waals surface area contributed by atoms with Crippen LogP contribution in [0.5, 0.6) is 28.7 Å². The average molecular weight is 496 g/mol. The molecule has 0 bridgehead atoms. The van der Waals surface area contributed by atoms with Gasteiger partial charge in [0.25, 0.3) is 0 Å². The Balaban J connectivity index is 2.06. The maximum Gasteiger partial charge on any atom is 0.306 e. The summed E-state index contributed by atoms with van der Waals surface area (Å²) in [5, 5.41) is 55.3. The predicted molar refractivity (Wildman–Crippen MR) is 127 cm³/mol. The number of hydrogen-bond donors (Lipinski definition) is 5. The summed E-state index contributed by atoms with van der Waals surface area (Å²) in [4.78, 5) is 25.5. The van der Waals surface area contributed by atoms with Crippen molar-refractivity contribution in [2.45, 2.75) is 32.2 Å². The van der Waals surface area contributed by atoms with Crippen molar-refractivity contribution in [3.63, 3.8) is 0 Å². The van der Waals surface area contributed by atoms with E-state index in [1.54, 1.807) is 10.9 Å². The highest BCUT2D eigenvalue weighted by Crippen LogP contribution is 2.45. The Morgan fingerprint density at radius 3 is 2.39 bits per heavy atom. The molecule has 0 aliphatic heterocycles. The minimum atomic E-state index is -1.01. The van der Waals surface area contributed by atoms with Crippen molar-refractivity contribution in [1.29, 1.82) is 0 Å². The number of ether oxygens (including phenoxy) is 1. The van der Waals surface area contributed by atoms with E-state index in [0.717, 1.165) is 18.2 Å². The summed E-state index contributed by atoms with van der Waals surface area (Å²) in [7, 11) is 1.21. The maximum absolute atomic E-state index is 13.1. The van der Waals surface area contributed by atoms with E-state index in [0.29, 0.717) is 5.56 Å². The van der Waals surface area contributed by atoms with Gasteiger partial charge in [-0.3, -0.25) is 14.3 Å². The van der Waals surface area contributed by atoms with Gasteiger partial charge in [0.1, 0.15) is 22.5 Å². The lowest BCUT2D eigenvalue weighted by molar-refractivity contribution is -0.140. The molecule has 4 aromatic rings. The molecule has 0 amide bonds. The Bertz CT molecular complexity index is 1540.